The molecule has 0 saturated heterocycles. The summed E-state index contributed by atoms with van der Waals surface area (Å²) in [7, 11) is -1.61. The van der Waals surface area contributed by atoms with Gasteiger partial charge in [-0.05, 0) is 69.1 Å². The quantitative estimate of drug-likeness (QED) is 0.820. The van der Waals surface area contributed by atoms with Gasteiger partial charge in [0, 0.05) is 29.7 Å². The van der Waals surface area contributed by atoms with Gasteiger partial charge in [0.25, 0.3) is 0 Å². The van der Waals surface area contributed by atoms with Crippen molar-refractivity contribution >= 4 is 26.9 Å². The number of rotatable bonds is 5. The minimum absolute atomic E-state index is 0.196. The Bertz CT molecular complexity index is 997. The van der Waals surface area contributed by atoms with Crippen LogP contribution in [0, 0.1) is 12.8 Å². The average Bonchev–Trinajstić information content (AvgIpc) is 3.42. The maximum absolute atomic E-state index is 12.9. The van der Waals surface area contributed by atoms with E-state index in [2.05, 4.69) is 16.2 Å². The largest absolute Gasteiger partial charge is 0.481 e. The summed E-state index contributed by atoms with van der Waals surface area (Å²) < 4.78 is 30.7. The zero-order valence-corrected chi connectivity index (χ0v) is 16.6. The number of carboxylic acid groups (broad SMARTS) is 1. The highest BCUT2D eigenvalue weighted by atomic mass is 32.2. The molecular formula is C20H26N2O4S. The molecule has 0 atom stereocenters. The number of aliphatic carboxylic acids is 1. The van der Waals surface area contributed by atoms with Crippen LogP contribution in [0.15, 0.2) is 23.1 Å². The summed E-state index contributed by atoms with van der Waals surface area (Å²) in [6.45, 7) is 2.11. The Balaban J connectivity index is 1.58. The second-order valence-electron chi connectivity index (χ2n) is 8.03. The molecule has 146 valence electrons. The number of benzene rings is 1. The van der Waals surface area contributed by atoms with Crippen LogP contribution in [0.4, 0.5) is 0 Å². The molecule has 1 aromatic heterocycles. The molecule has 0 unspecified atom stereocenters. The zero-order chi connectivity index (χ0) is 19.3. The first-order valence-corrected chi connectivity index (χ1v) is 11.1. The Labute approximate surface area is 159 Å². The third-order valence-electron chi connectivity index (χ3n) is 6.15. The molecule has 1 heterocycles. The van der Waals surface area contributed by atoms with Gasteiger partial charge >= 0.3 is 5.97 Å². The van der Waals surface area contributed by atoms with Crippen LogP contribution < -0.4 is 4.72 Å². The van der Waals surface area contributed by atoms with Crippen LogP contribution in [0.3, 0.4) is 0 Å². The SMILES string of the molecule is Cc1c(C2CC2)n(C)c2cc(S(=O)(=O)N[C@H]3CC[C@H](C(=O)O)CC3)ccc12. The van der Waals surface area contributed by atoms with E-state index in [1.165, 1.54) is 24.1 Å². The van der Waals surface area contributed by atoms with Crippen LogP contribution in [0.25, 0.3) is 10.9 Å². The predicted molar refractivity (Wildman–Crippen MR) is 103 cm³/mol. The van der Waals surface area contributed by atoms with Gasteiger partial charge in [0.1, 0.15) is 0 Å². The molecule has 0 aliphatic heterocycles. The van der Waals surface area contributed by atoms with Gasteiger partial charge in [0.2, 0.25) is 10.0 Å². The van der Waals surface area contributed by atoms with Crippen molar-refractivity contribution in [3.05, 3.63) is 29.5 Å². The molecule has 0 radical (unpaired) electrons. The first kappa shape index (κ1) is 18.5. The summed E-state index contributed by atoms with van der Waals surface area (Å²) in [6, 6.07) is 5.15. The Kier molecular flexibility index (Phi) is 4.55. The van der Waals surface area contributed by atoms with Gasteiger partial charge in [-0.3, -0.25) is 4.79 Å². The molecule has 0 amide bonds. The van der Waals surface area contributed by atoms with Crippen LogP contribution in [0.2, 0.25) is 0 Å². The van der Waals surface area contributed by atoms with E-state index in [4.69, 9.17) is 5.11 Å². The van der Waals surface area contributed by atoms with Gasteiger partial charge in [-0.1, -0.05) is 6.07 Å². The zero-order valence-electron chi connectivity index (χ0n) is 15.7. The monoisotopic (exact) mass is 390 g/mol. The van der Waals surface area contributed by atoms with E-state index in [0.29, 0.717) is 31.6 Å². The molecule has 2 N–H and O–H groups in total. The molecule has 0 spiro atoms. The number of aromatic nitrogens is 1. The lowest BCUT2D eigenvalue weighted by Gasteiger charge is -2.26. The molecule has 2 fully saturated rings. The second-order valence-corrected chi connectivity index (χ2v) is 9.74. The average molecular weight is 391 g/mol. The van der Waals surface area contributed by atoms with Crippen LogP contribution in [0.1, 0.15) is 55.7 Å². The maximum Gasteiger partial charge on any atom is 0.306 e. The Hall–Kier alpha value is -1.86. The summed E-state index contributed by atoms with van der Waals surface area (Å²) in [5, 5.41) is 10.2. The standard InChI is InChI=1S/C20H26N2O4S/c1-12-17-10-9-16(11-18(17)22(2)19(12)13-3-4-13)27(25,26)21-15-7-5-14(6-8-15)20(23)24/h9-11,13-15,21H,3-8H2,1-2H3,(H,23,24)/t14-,15-. The van der Waals surface area contributed by atoms with Gasteiger partial charge in [-0.15, -0.1) is 0 Å². The Morgan fingerprint density at radius 2 is 1.81 bits per heavy atom. The topological polar surface area (TPSA) is 88.4 Å². The summed E-state index contributed by atoms with van der Waals surface area (Å²) >= 11 is 0. The van der Waals surface area contributed by atoms with E-state index < -0.39 is 16.0 Å². The first-order valence-electron chi connectivity index (χ1n) is 9.62. The molecular weight excluding hydrogens is 364 g/mol. The van der Waals surface area contributed by atoms with Gasteiger partial charge in [-0.25, -0.2) is 13.1 Å². The fourth-order valence-electron chi connectivity index (χ4n) is 4.48. The predicted octanol–water partition coefficient (Wildman–Crippen LogP) is 3.29. The molecule has 2 saturated carbocycles. The van der Waals surface area contributed by atoms with E-state index in [-0.39, 0.29) is 16.9 Å². The molecule has 2 aliphatic rings. The molecule has 6 nitrogen and oxygen atoms in total. The third-order valence-corrected chi connectivity index (χ3v) is 7.67. The number of nitrogens with zero attached hydrogens (tertiary/aromatic N) is 1. The minimum atomic E-state index is -3.62. The Morgan fingerprint density at radius 3 is 2.41 bits per heavy atom. The number of aryl methyl sites for hydroxylation is 2. The number of hydrogen-bond donors (Lipinski definition) is 2. The molecule has 27 heavy (non-hydrogen) atoms. The van der Waals surface area contributed by atoms with Crippen molar-refractivity contribution in [3.8, 4) is 0 Å². The van der Waals surface area contributed by atoms with Crippen molar-refractivity contribution in [2.45, 2.75) is 62.3 Å². The molecule has 4 rings (SSSR count). The van der Waals surface area contributed by atoms with E-state index in [9.17, 15) is 13.2 Å². The molecule has 0 bridgehead atoms. The highest BCUT2D eigenvalue weighted by Gasteiger charge is 2.31. The lowest BCUT2D eigenvalue weighted by atomic mass is 9.87. The fourth-order valence-corrected chi connectivity index (χ4v) is 5.80. The van der Waals surface area contributed by atoms with Crippen molar-refractivity contribution in [2.24, 2.45) is 13.0 Å². The summed E-state index contributed by atoms with van der Waals surface area (Å²) in [4.78, 5) is 11.3. The molecule has 2 aromatic rings. The third kappa shape index (κ3) is 3.38. The van der Waals surface area contributed by atoms with Crippen molar-refractivity contribution in [1.82, 2.24) is 9.29 Å². The highest BCUT2D eigenvalue weighted by Crippen LogP contribution is 2.44. The normalized spacial score (nSPS) is 23.6. The van der Waals surface area contributed by atoms with Crippen molar-refractivity contribution < 1.29 is 18.3 Å². The van der Waals surface area contributed by atoms with Crippen LogP contribution in [-0.2, 0) is 21.9 Å². The van der Waals surface area contributed by atoms with E-state index >= 15 is 0 Å². The Morgan fingerprint density at radius 1 is 1.15 bits per heavy atom. The first-order chi connectivity index (χ1) is 12.8. The van der Waals surface area contributed by atoms with E-state index in [1.54, 1.807) is 12.1 Å². The number of hydrogen-bond acceptors (Lipinski definition) is 3. The number of nitrogens with one attached hydrogen (secondary N) is 1. The summed E-state index contributed by atoms with van der Waals surface area (Å²) in [5.41, 5.74) is 3.52. The summed E-state index contributed by atoms with van der Waals surface area (Å²) in [5.74, 6) is -0.536. The van der Waals surface area contributed by atoms with Crippen molar-refractivity contribution in [2.75, 3.05) is 0 Å². The smallest absolute Gasteiger partial charge is 0.306 e. The fraction of sp³-hybridized carbons (Fsp3) is 0.550. The van der Waals surface area contributed by atoms with Gasteiger partial charge in [0.15, 0.2) is 0 Å². The lowest BCUT2D eigenvalue weighted by Crippen LogP contribution is -2.38. The number of carboxylic acids is 1. The van der Waals surface area contributed by atoms with Crippen LogP contribution in [0.5, 0.6) is 0 Å². The minimum Gasteiger partial charge on any atom is -0.481 e. The van der Waals surface area contributed by atoms with E-state index in [0.717, 1.165) is 10.9 Å². The number of fused-ring (bicyclic) bond motifs is 1. The van der Waals surface area contributed by atoms with Gasteiger partial charge in [-0.2, -0.15) is 0 Å². The van der Waals surface area contributed by atoms with Crippen molar-refractivity contribution in [3.63, 3.8) is 0 Å². The molecule has 2 aliphatic carbocycles. The van der Waals surface area contributed by atoms with Crippen LogP contribution in [-0.4, -0.2) is 30.1 Å². The van der Waals surface area contributed by atoms with Gasteiger partial charge in [0.05, 0.1) is 10.8 Å². The summed E-state index contributed by atoms with van der Waals surface area (Å²) in [6.07, 6.45) is 4.57. The highest BCUT2D eigenvalue weighted by molar-refractivity contribution is 7.89. The van der Waals surface area contributed by atoms with Gasteiger partial charge < -0.3 is 9.67 Å². The maximum atomic E-state index is 12.9. The molecule has 1 aromatic carbocycles. The lowest BCUT2D eigenvalue weighted by molar-refractivity contribution is -0.142. The number of sulfonamides is 1. The second kappa shape index (κ2) is 6.63. The van der Waals surface area contributed by atoms with Crippen LogP contribution >= 0.6 is 0 Å². The molecule has 7 heteroatoms. The number of carbonyl (C=O) groups is 1. The van der Waals surface area contributed by atoms with Crippen molar-refractivity contribution in [1.29, 1.82) is 0 Å². The van der Waals surface area contributed by atoms with E-state index in [1.807, 2.05) is 13.1 Å².